The SMILES string of the molecule is Nc1ccccc1NC(=O)CCCCC(=O)NCc1ccc([C@H]2O[C@@H](CN3CCN(c4ccc([N+](=O)[O-])cc4)CC3)C[C@@H](c3ccc(CO)cc3)O2)cc1. The van der Waals surface area contributed by atoms with E-state index in [0.717, 1.165) is 60.7 Å². The topological polar surface area (TPSA) is 173 Å². The number of piperazine rings is 1. The largest absolute Gasteiger partial charge is 0.397 e. The van der Waals surface area contributed by atoms with E-state index in [9.17, 15) is 24.8 Å². The summed E-state index contributed by atoms with van der Waals surface area (Å²) < 4.78 is 13.1. The van der Waals surface area contributed by atoms with Crippen molar-refractivity contribution in [2.75, 3.05) is 48.7 Å². The van der Waals surface area contributed by atoms with Crippen molar-refractivity contribution in [2.24, 2.45) is 0 Å². The molecule has 2 amide bonds. The first kappa shape index (κ1) is 38.4. The number of hydrogen-bond donors (Lipinski definition) is 4. The average molecular weight is 737 g/mol. The van der Waals surface area contributed by atoms with Gasteiger partial charge in [-0.25, -0.2) is 0 Å². The molecule has 0 aliphatic carbocycles. The quantitative estimate of drug-likeness (QED) is 0.0502. The summed E-state index contributed by atoms with van der Waals surface area (Å²) in [5.74, 6) is -0.201. The molecule has 0 bridgehead atoms. The number of carbonyl (C=O) groups is 2. The highest BCUT2D eigenvalue weighted by molar-refractivity contribution is 5.93. The Balaban J connectivity index is 0.994. The summed E-state index contributed by atoms with van der Waals surface area (Å²) in [6.45, 7) is 4.36. The monoisotopic (exact) mass is 736 g/mol. The number of aliphatic hydroxyl groups is 1. The Morgan fingerprint density at radius 2 is 1.46 bits per heavy atom. The van der Waals surface area contributed by atoms with Crippen LogP contribution >= 0.6 is 0 Å². The molecule has 2 heterocycles. The number of nitrogens with two attached hydrogens (primary N) is 1. The van der Waals surface area contributed by atoms with Gasteiger partial charge in [-0.15, -0.1) is 0 Å². The highest BCUT2D eigenvalue weighted by Gasteiger charge is 2.34. The van der Waals surface area contributed by atoms with E-state index >= 15 is 0 Å². The third kappa shape index (κ3) is 10.6. The van der Waals surface area contributed by atoms with E-state index in [2.05, 4.69) is 20.4 Å². The number of ether oxygens (including phenoxy) is 2. The Kier molecular flexibility index (Phi) is 13.2. The summed E-state index contributed by atoms with van der Waals surface area (Å²) in [5.41, 5.74) is 11.7. The number of benzene rings is 4. The molecular weight excluding hydrogens is 688 g/mol. The summed E-state index contributed by atoms with van der Waals surface area (Å²) in [4.78, 5) is 40.1. The van der Waals surface area contributed by atoms with Gasteiger partial charge in [-0.1, -0.05) is 60.7 Å². The number of para-hydroxylation sites is 2. The smallest absolute Gasteiger partial charge is 0.269 e. The van der Waals surface area contributed by atoms with Crippen LogP contribution in [-0.4, -0.2) is 65.6 Å². The molecule has 0 radical (unpaired) electrons. The van der Waals surface area contributed by atoms with Gasteiger partial charge in [-0.05, 0) is 53.8 Å². The number of rotatable bonds is 15. The van der Waals surface area contributed by atoms with Crippen LogP contribution in [0.15, 0.2) is 97.1 Å². The Morgan fingerprint density at radius 1 is 0.815 bits per heavy atom. The molecule has 0 saturated carbocycles. The van der Waals surface area contributed by atoms with Gasteiger partial charge in [0, 0.05) is 81.9 Å². The van der Waals surface area contributed by atoms with Crippen LogP contribution in [-0.2, 0) is 32.2 Å². The minimum atomic E-state index is -0.591. The maximum atomic E-state index is 12.5. The van der Waals surface area contributed by atoms with E-state index in [1.165, 1.54) is 0 Å². The van der Waals surface area contributed by atoms with Crippen LogP contribution in [0.2, 0.25) is 0 Å². The number of carbonyl (C=O) groups excluding carboxylic acids is 2. The van der Waals surface area contributed by atoms with Gasteiger partial charge < -0.3 is 35.8 Å². The molecule has 4 aromatic carbocycles. The molecule has 2 aliphatic rings. The molecule has 4 aromatic rings. The molecule has 54 heavy (non-hydrogen) atoms. The van der Waals surface area contributed by atoms with Crippen molar-refractivity contribution in [1.29, 1.82) is 0 Å². The lowest BCUT2D eigenvalue weighted by Gasteiger charge is -2.41. The van der Waals surface area contributed by atoms with Gasteiger partial charge in [-0.2, -0.15) is 0 Å². The number of aliphatic hydroxyl groups excluding tert-OH is 1. The zero-order valence-electron chi connectivity index (χ0n) is 30.3. The van der Waals surface area contributed by atoms with E-state index in [4.69, 9.17) is 15.2 Å². The van der Waals surface area contributed by atoms with Crippen molar-refractivity contribution in [3.8, 4) is 0 Å². The van der Waals surface area contributed by atoms with Crippen LogP contribution < -0.4 is 21.3 Å². The fraction of sp³-hybridized carbons (Fsp3) is 0.366. The molecule has 2 saturated heterocycles. The lowest BCUT2D eigenvalue weighted by molar-refractivity contribution is -0.384. The normalized spacial score (nSPS) is 18.9. The van der Waals surface area contributed by atoms with Crippen molar-refractivity contribution < 1.29 is 29.1 Å². The van der Waals surface area contributed by atoms with Gasteiger partial charge in [0.15, 0.2) is 6.29 Å². The van der Waals surface area contributed by atoms with Crippen molar-refractivity contribution in [1.82, 2.24) is 10.2 Å². The van der Waals surface area contributed by atoms with Crippen molar-refractivity contribution in [2.45, 2.75) is 63.8 Å². The van der Waals surface area contributed by atoms with Gasteiger partial charge >= 0.3 is 0 Å². The summed E-state index contributed by atoms with van der Waals surface area (Å²) >= 11 is 0. The van der Waals surface area contributed by atoms with Crippen LogP contribution in [0.1, 0.15) is 66.8 Å². The van der Waals surface area contributed by atoms with Crippen molar-refractivity contribution in [3.63, 3.8) is 0 Å². The molecular formula is C41H48N6O7. The molecule has 284 valence electrons. The number of nitro benzene ring substituents is 1. The van der Waals surface area contributed by atoms with E-state index < -0.39 is 6.29 Å². The summed E-state index contributed by atoms with van der Waals surface area (Å²) in [5, 5.41) is 26.4. The minimum absolute atomic E-state index is 0.0248. The number of nitrogen functional groups attached to an aromatic ring is 1. The molecule has 0 aromatic heterocycles. The molecule has 0 unspecified atom stereocenters. The Hall–Kier alpha value is -5.34. The number of nitrogens with one attached hydrogen (secondary N) is 2. The Labute approximate surface area is 315 Å². The zero-order chi connectivity index (χ0) is 37.9. The van der Waals surface area contributed by atoms with E-state index in [0.29, 0.717) is 50.0 Å². The van der Waals surface area contributed by atoms with Crippen LogP contribution in [0, 0.1) is 10.1 Å². The summed E-state index contributed by atoms with van der Waals surface area (Å²) in [7, 11) is 0. The van der Waals surface area contributed by atoms with E-state index in [1.54, 1.807) is 24.3 Å². The Bertz CT molecular complexity index is 1850. The zero-order valence-corrected chi connectivity index (χ0v) is 30.3. The summed E-state index contributed by atoms with van der Waals surface area (Å²) in [6, 6.07) is 29.5. The number of hydrogen-bond acceptors (Lipinski definition) is 10. The number of amides is 2. The number of unbranched alkanes of at least 4 members (excludes halogenated alkanes) is 1. The van der Waals surface area contributed by atoms with Crippen LogP contribution in [0.25, 0.3) is 0 Å². The highest BCUT2D eigenvalue weighted by Crippen LogP contribution is 2.38. The maximum Gasteiger partial charge on any atom is 0.269 e. The molecule has 2 aliphatic heterocycles. The second-order valence-electron chi connectivity index (χ2n) is 13.8. The van der Waals surface area contributed by atoms with Gasteiger partial charge in [0.2, 0.25) is 11.8 Å². The van der Waals surface area contributed by atoms with Crippen molar-refractivity contribution >= 4 is 34.6 Å². The number of non-ortho nitro benzene ring substituents is 1. The predicted molar refractivity (Wildman–Crippen MR) is 206 cm³/mol. The molecule has 2 fully saturated rings. The van der Waals surface area contributed by atoms with Crippen LogP contribution in [0.5, 0.6) is 0 Å². The second kappa shape index (κ2) is 18.6. The van der Waals surface area contributed by atoms with E-state index in [-0.39, 0.29) is 41.2 Å². The fourth-order valence-corrected chi connectivity index (χ4v) is 6.77. The second-order valence-corrected chi connectivity index (χ2v) is 13.8. The van der Waals surface area contributed by atoms with E-state index in [1.807, 2.05) is 72.8 Å². The first-order chi connectivity index (χ1) is 26.2. The number of nitrogens with zero attached hydrogens (tertiary/aromatic N) is 3. The molecule has 5 N–H and O–H groups in total. The fourth-order valence-electron chi connectivity index (χ4n) is 6.77. The van der Waals surface area contributed by atoms with Gasteiger partial charge in [-0.3, -0.25) is 24.6 Å². The van der Waals surface area contributed by atoms with Gasteiger partial charge in [0.05, 0.1) is 35.1 Å². The van der Waals surface area contributed by atoms with Gasteiger partial charge in [0.1, 0.15) is 0 Å². The molecule has 3 atom stereocenters. The lowest BCUT2D eigenvalue weighted by Crippen LogP contribution is -2.49. The molecule has 13 nitrogen and oxygen atoms in total. The highest BCUT2D eigenvalue weighted by atomic mass is 16.7. The van der Waals surface area contributed by atoms with Crippen molar-refractivity contribution in [3.05, 3.63) is 129 Å². The third-order valence-electron chi connectivity index (χ3n) is 9.91. The maximum absolute atomic E-state index is 12.5. The first-order valence-electron chi connectivity index (χ1n) is 18.5. The van der Waals surface area contributed by atoms with Gasteiger partial charge in [0.25, 0.3) is 5.69 Å². The predicted octanol–water partition coefficient (Wildman–Crippen LogP) is 5.85. The average Bonchev–Trinajstić information content (AvgIpc) is 3.20. The molecule has 13 heteroatoms. The third-order valence-corrected chi connectivity index (χ3v) is 9.91. The number of nitro groups is 1. The minimum Gasteiger partial charge on any atom is -0.397 e. The lowest BCUT2D eigenvalue weighted by atomic mass is 9.99. The number of anilines is 3. The standard InChI is InChI=1S/C41H48N6O7/c42-36-5-1-2-6-37(36)44-40(50)8-4-3-7-39(49)43-26-29-9-15-32(16-10-29)41-53-35(25-38(54-41)31-13-11-30(28-48)12-14-31)27-45-21-23-46(24-22-45)33-17-19-34(20-18-33)47(51)52/h1-2,5-6,9-20,35,38,41,48H,3-4,7-8,21-28,42H2,(H,43,49)(H,44,50)/t35-,38+,41+/m1/s1. The van der Waals surface area contributed by atoms with Crippen LogP contribution in [0.3, 0.4) is 0 Å². The first-order valence-corrected chi connectivity index (χ1v) is 18.5. The molecule has 0 spiro atoms. The molecule has 6 rings (SSSR count). The summed E-state index contributed by atoms with van der Waals surface area (Å²) in [6.07, 6.45) is 1.61. The Morgan fingerprint density at radius 3 is 2.13 bits per heavy atom. The van der Waals surface area contributed by atoms with Crippen LogP contribution in [0.4, 0.5) is 22.7 Å².